The lowest BCUT2D eigenvalue weighted by Crippen LogP contribution is -2.02. The average molecular weight is 231 g/mol. The van der Waals surface area contributed by atoms with Gasteiger partial charge < -0.3 is 10.2 Å². The van der Waals surface area contributed by atoms with Crippen LogP contribution in [-0.4, -0.2) is 16.7 Å². The van der Waals surface area contributed by atoms with Gasteiger partial charge in [-0.15, -0.1) is 10.2 Å². The SMILES string of the molecule is Cc1ccc(CCc2nnc(CCN)o2)cc1. The summed E-state index contributed by atoms with van der Waals surface area (Å²) in [6.45, 7) is 2.63. The third kappa shape index (κ3) is 3.39. The van der Waals surface area contributed by atoms with Crippen LogP contribution in [-0.2, 0) is 19.3 Å². The predicted molar refractivity (Wildman–Crippen MR) is 65.6 cm³/mol. The maximum Gasteiger partial charge on any atom is 0.217 e. The van der Waals surface area contributed by atoms with E-state index in [0.29, 0.717) is 24.7 Å². The molecule has 2 aromatic rings. The highest BCUT2D eigenvalue weighted by molar-refractivity contribution is 5.21. The Morgan fingerprint density at radius 1 is 1.00 bits per heavy atom. The van der Waals surface area contributed by atoms with Crippen LogP contribution in [0.2, 0.25) is 0 Å². The number of hydrogen-bond acceptors (Lipinski definition) is 4. The summed E-state index contributed by atoms with van der Waals surface area (Å²) in [6.07, 6.45) is 2.35. The van der Waals surface area contributed by atoms with Crippen molar-refractivity contribution in [3.63, 3.8) is 0 Å². The largest absolute Gasteiger partial charge is 0.425 e. The van der Waals surface area contributed by atoms with Crippen molar-refractivity contribution in [1.29, 1.82) is 0 Å². The fraction of sp³-hybridized carbons (Fsp3) is 0.385. The molecule has 1 heterocycles. The first-order valence-corrected chi connectivity index (χ1v) is 5.85. The van der Waals surface area contributed by atoms with Crippen LogP contribution in [0.15, 0.2) is 28.7 Å². The molecular weight excluding hydrogens is 214 g/mol. The molecule has 17 heavy (non-hydrogen) atoms. The van der Waals surface area contributed by atoms with Crippen molar-refractivity contribution in [1.82, 2.24) is 10.2 Å². The highest BCUT2D eigenvalue weighted by Crippen LogP contribution is 2.08. The lowest BCUT2D eigenvalue weighted by molar-refractivity contribution is 0.450. The molecule has 4 heteroatoms. The Bertz CT molecular complexity index is 462. The zero-order valence-corrected chi connectivity index (χ0v) is 10.0. The number of aromatic nitrogens is 2. The summed E-state index contributed by atoms with van der Waals surface area (Å²) in [5.41, 5.74) is 7.98. The molecule has 0 bridgehead atoms. The summed E-state index contributed by atoms with van der Waals surface area (Å²) in [5.74, 6) is 1.32. The third-order valence-corrected chi connectivity index (χ3v) is 2.62. The molecule has 0 unspecified atom stereocenters. The van der Waals surface area contributed by atoms with Gasteiger partial charge in [0.2, 0.25) is 11.8 Å². The summed E-state index contributed by atoms with van der Waals surface area (Å²) < 4.78 is 5.47. The maximum absolute atomic E-state index is 5.47. The van der Waals surface area contributed by atoms with E-state index in [4.69, 9.17) is 10.2 Å². The van der Waals surface area contributed by atoms with Crippen LogP contribution >= 0.6 is 0 Å². The highest BCUT2D eigenvalue weighted by Gasteiger charge is 2.05. The van der Waals surface area contributed by atoms with Crippen molar-refractivity contribution in [2.75, 3.05) is 6.54 Å². The van der Waals surface area contributed by atoms with Crippen LogP contribution in [0, 0.1) is 6.92 Å². The van der Waals surface area contributed by atoms with Gasteiger partial charge in [-0.25, -0.2) is 0 Å². The van der Waals surface area contributed by atoms with E-state index in [-0.39, 0.29) is 0 Å². The molecule has 2 rings (SSSR count). The van der Waals surface area contributed by atoms with Crippen molar-refractivity contribution in [3.05, 3.63) is 47.2 Å². The van der Waals surface area contributed by atoms with E-state index in [2.05, 4.69) is 41.4 Å². The van der Waals surface area contributed by atoms with Gasteiger partial charge in [-0.05, 0) is 18.9 Å². The van der Waals surface area contributed by atoms with Gasteiger partial charge in [-0.2, -0.15) is 0 Å². The molecule has 90 valence electrons. The number of hydrogen-bond donors (Lipinski definition) is 1. The Kier molecular flexibility index (Phi) is 3.88. The average Bonchev–Trinajstić information content (AvgIpc) is 2.77. The first kappa shape index (κ1) is 11.8. The summed E-state index contributed by atoms with van der Waals surface area (Å²) in [6, 6.07) is 8.49. The molecular formula is C13H17N3O. The molecule has 0 radical (unpaired) electrons. The molecule has 0 spiro atoms. The van der Waals surface area contributed by atoms with Crippen LogP contribution in [0.4, 0.5) is 0 Å². The van der Waals surface area contributed by atoms with Crippen LogP contribution < -0.4 is 5.73 Å². The van der Waals surface area contributed by atoms with Crippen molar-refractivity contribution in [3.8, 4) is 0 Å². The van der Waals surface area contributed by atoms with E-state index >= 15 is 0 Å². The van der Waals surface area contributed by atoms with Gasteiger partial charge >= 0.3 is 0 Å². The van der Waals surface area contributed by atoms with Crippen LogP contribution in [0.5, 0.6) is 0 Å². The molecule has 0 saturated heterocycles. The fourth-order valence-corrected chi connectivity index (χ4v) is 1.62. The zero-order chi connectivity index (χ0) is 12.1. The van der Waals surface area contributed by atoms with E-state index in [1.807, 2.05) is 0 Å². The first-order chi connectivity index (χ1) is 8.28. The second-order valence-corrected chi connectivity index (χ2v) is 4.11. The molecule has 0 saturated carbocycles. The van der Waals surface area contributed by atoms with Gasteiger partial charge in [-0.3, -0.25) is 0 Å². The van der Waals surface area contributed by atoms with Gasteiger partial charge in [0.25, 0.3) is 0 Å². The first-order valence-electron chi connectivity index (χ1n) is 5.85. The smallest absolute Gasteiger partial charge is 0.217 e. The quantitative estimate of drug-likeness (QED) is 0.850. The lowest BCUT2D eigenvalue weighted by atomic mass is 10.1. The summed E-state index contributed by atoms with van der Waals surface area (Å²) in [4.78, 5) is 0. The second kappa shape index (κ2) is 5.59. The topological polar surface area (TPSA) is 64.9 Å². The molecule has 0 aliphatic rings. The molecule has 1 aromatic carbocycles. The van der Waals surface area contributed by atoms with Gasteiger partial charge in [0.15, 0.2) is 0 Å². The Morgan fingerprint density at radius 3 is 2.29 bits per heavy atom. The van der Waals surface area contributed by atoms with Crippen LogP contribution in [0.3, 0.4) is 0 Å². The van der Waals surface area contributed by atoms with Crippen LogP contribution in [0.1, 0.15) is 22.9 Å². The Hall–Kier alpha value is -1.68. The van der Waals surface area contributed by atoms with E-state index in [1.165, 1.54) is 11.1 Å². The molecule has 0 atom stereocenters. The molecule has 0 amide bonds. The van der Waals surface area contributed by atoms with Gasteiger partial charge in [0.1, 0.15) is 0 Å². The number of rotatable bonds is 5. The molecule has 0 fully saturated rings. The monoisotopic (exact) mass is 231 g/mol. The zero-order valence-electron chi connectivity index (χ0n) is 10.0. The standard InChI is InChI=1S/C13H17N3O/c1-10-2-4-11(5-3-10)6-7-12-15-16-13(17-12)8-9-14/h2-5H,6-9,14H2,1H3. The van der Waals surface area contributed by atoms with Crippen molar-refractivity contribution < 1.29 is 4.42 Å². The molecule has 4 nitrogen and oxygen atoms in total. The molecule has 0 aliphatic heterocycles. The van der Waals surface area contributed by atoms with Crippen molar-refractivity contribution in [2.24, 2.45) is 5.73 Å². The minimum absolute atomic E-state index is 0.541. The fourth-order valence-electron chi connectivity index (χ4n) is 1.62. The molecule has 0 aliphatic carbocycles. The van der Waals surface area contributed by atoms with Gasteiger partial charge in [-0.1, -0.05) is 29.8 Å². The third-order valence-electron chi connectivity index (χ3n) is 2.62. The predicted octanol–water partition coefficient (Wildman–Crippen LogP) is 1.66. The number of benzene rings is 1. The second-order valence-electron chi connectivity index (χ2n) is 4.11. The van der Waals surface area contributed by atoms with E-state index in [0.717, 1.165) is 12.8 Å². The Balaban J connectivity index is 1.90. The van der Waals surface area contributed by atoms with E-state index < -0.39 is 0 Å². The van der Waals surface area contributed by atoms with Crippen LogP contribution in [0.25, 0.3) is 0 Å². The normalized spacial score (nSPS) is 10.7. The van der Waals surface area contributed by atoms with Crippen molar-refractivity contribution in [2.45, 2.75) is 26.2 Å². The van der Waals surface area contributed by atoms with Gasteiger partial charge in [0, 0.05) is 19.4 Å². The summed E-state index contributed by atoms with van der Waals surface area (Å²) in [5, 5.41) is 7.93. The minimum Gasteiger partial charge on any atom is -0.425 e. The Labute approximate surface area is 101 Å². The Morgan fingerprint density at radius 2 is 1.65 bits per heavy atom. The molecule has 2 N–H and O–H groups in total. The number of nitrogens with two attached hydrogens (primary N) is 1. The lowest BCUT2D eigenvalue weighted by Gasteiger charge is -1.99. The van der Waals surface area contributed by atoms with Crippen molar-refractivity contribution >= 4 is 0 Å². The summed E-state index contributed by atoms with van der Waals surface area (Å²) >= 11 is 0. The number of aryl methyl sites for hydroxylation is 3. The summed E-state index contributed by atoms with van der Waals surface area (Å²) in [7, 11) is 0. The number of nitrogens with zero attached hydrogens (tertiary/aromatic N) is 2. The van der Waals surface area contributed by atoms with Gasteiger partial charge in [0.05, 0.1) is 0 Å². The minimum atomic E-state index is 0.541. The van der Waals surface area contributed by atoms with E-state index in [9.17, 15) is 0 Å². The highest BCUT2D eigenvalue weighted by atomic mass is 16.4. The van der Waals surface area contributed by atoms with E-state index in [1.54, 1.807) is 0 Å². The molecule has 1 aromatic heterocycles. The maximum atomic E-state index is 5.47.